The maximum Gasteiger partial charge on any atom is 0.328 e. The lowest BCUT2D eigenvalue weighted by atomic mass is 9.87. The largest absolute Gasteiger partial charge is 0.480 e. The molecule has 4 atom stereocenters. The molecule has 2 aliphatic rings. The highest BCUT2D eigenvalue weighted by Crippen LogP contribution is 2.49. The van der Waals surface area contributed by atoms with Gasteiger partial charge in [-0.2, -0.15) is 0 Å². The minimum Gasteiger partial charge on any atom is -0.480 e. The SMILES string of the molecule is CC1(C)[C@H](C(=O)O)N2C(=O)[C@H](C(N)C(=O)OCc3ccccc3)[C@H]2S1(=O)=O. The summed E-state index contributed by atoms with van der Waals surface area (Å²) in [5, 5.41) is 7.94. The fourth-order valence-electron chi connectivity index (χ4n) is 3.65. The first-order chi connectivity index (χ1) is 12.5. The van der Waals surface area contributed by atoms with Gasteiger partial charge in [0.05, 0.1) is 10.7 Å². The second kappa shape index (κ2) is 6.31. The van der Waals surface area contributed by atoms with E-state index < -0.39 is 55.8 Å². The molecule has 2 aliphatic heterocycles. The van der Waals surface area contributed by atoms with E-state index in [1.165, 1.54) is 13.8 Å². The predicted molar refractivity (Wildman–Crippen MR) is 92.8 cm³/mol. The van der Waals surface area contributed by atoms with E-state index in [1.54, 1.807) is 30.3 Å². The van der Waals surface area contributed by atoms with E-state index in [9.17, 15) is 27.9 Å². The Kier molecular flexibility index (Phi) is 4.51. The molecule has 146 valence electrons. The van der Waals surface area contributed by atoms with Crippen molar-refractivity contribution in [2.45, 2.75) is 42.7 Å². The summed E-state index contributed by atoms with van der Waals surface area (Å²) in [5.41, 5.74) is 6.54. The Morgan fingerprint density at radius 1 is 1.30 bits per heavy atom. The fraction of sp³-hybridized carbons (Fsp3) is 0.471. The van der Waals surface area contributed by atoms with Crippen LogP contribution in [-0.4, -0.2) is 58.5 Å². The molecule has 2 fully saturated rings. The van der Waals surface area contributed by atoms with Gasteiger partial charge in [-0.25, -0.2) is 13.2 Å². The van der Waals surface area contributed by atoms with Crippen molar-refractivity contribution >= 4 is 27.7 Å². The highest BCUT2D eigenvalue weighted by Gasteiger charge is 2.73. The van der Waals surface area contributed by atoms with Crippen molar-refractivity contribution < 1.29 is 32.6 Å². The van der Waals surface area contributed by atoms with Crippen LogP contribution >= 0.6 is 0 Å². The monoisotopic (exact) mass is 396 g/mol. The van der Waals surface area contributed by atoms with Crippen molar-refractivity contribution in [1.29, 1.82) is 0 Å². The number of carbonyl (C=O) groups is 3. The predicted octanol–water partition coefficient (Wildman–Crippen LogP) is -0.498. The van der Waals surface area contributed by atoms with Gasteiger partial charge in [-0.1, -0.05) is 30.3 Å². The van der Waals surface area contributed by atoms with Crippen molar-refractivity contribution in [3.63, 3.8) is 0 Å². The van der Waals surface area contributed by atoms with Crippen molar-refractivity contribution in [2.75, 3.05) is 0 Å². The zero-order valence-corrected chi connectivity index (χ0v) is 15.5. The van der Waals surface area contributed by atoms with Crippen molar-refractivity contribution in [3.05, 3.63) is 35.9 Å². The average molecular weight is 396 g/mol. The number of nitrogens with zero attached hydrogens (tertiary/aromatic N) is 1. The number of fused-ring (bicyclic) bond motifs is 1. The summed E-state index contributed by atoms with van der Waals surface area (Å²) in [7, 11) is -4.05. The van der Waals surface area contributed by atoms with Gasteiger partial charge in [-0.3, -0.25) is 9.59 Å². The maximum absolute atomic E-state index is 12.8. The molecule has 1 aromatic carbocycles. The Balaban J connectivity index is 1.79. The van der Waals surface area contributed by atoms with Gasteiger partial charge in [-0.15, -0.1) is 0 Å². The molecule has 3 rings (SSSR count). The summed E-state index contributed by atoms with van der Waals surface area (Å²) in [6, 6.07) is 5.76. The Labute approximate surface area is 156 Å². The molecule has 1 unspecified atom stereocenters. The molecule has 0 aromatic heterocycles. The third kappa shape index (κ3) is 2.71. The van der Waals surface area contributed by atoms with Crippen LogP contribution < -0.4 is 5.73 Å². The molecule has 2 saturated heterocycles. The molecule has 27 heavy (non-hydrogen) atoms. The minimum atomic E-state index is -4.05. The molecule has 3 N–H and O–H groups in total. The summed E-state index contributed by atoms with van der Waals surface area (Å²) < 4.78 is 29.0. The maximum atomic E-state index is 12.8. The van der Waals surface area contributed by atoms with Gasteiger partial charge in [0.15, 0.2) is 9.84 Å². The van der Waals surface area contributed by atoms with Gasteiger partial charge in [0.25, 0.3) is 0 Å². The number of β-lactam (4-membered cyclic amide) rings is 1. The van der Waals surface area contributed by atoms with E-state index >= 15 is 0 Å². The lowest BCUT2D eigenvalue weighted by Crippen LogP contribution is -2.69. The van der Waals surface area contributed by atoms with E-state index in [0.717, 1.165) is 4.90 Å². The van der Waals surface area contributed by atoms with Gasteiger partial charge >= 0.3 is 11.9 Å². The van der Waals surface area contributed by atoms with Crippen LogP contribution in [0.15, 0.2) is 30.3 Å². The topological polar surface area (TPSA) is 144 Å². The molecule has 0 radical (unpaired) electrons. The molecule has 1 amide bonds. The summed E-state index contributed by atoms with van der Waals surface area (Å²) in [4.78, 5) is 37.0. The van der Waals surface area contributed by atoms with Crippen LogP contribution in [0.25, 0.3) is 0 Å². The molecule has 0 aliphatic carbocycles. The van der Waals surface area contributed by atoms with E-state index in [1.807, 2.05) is 0 Å². The molecular weight excluding hydrogens is 376 g/mol. The normalized spacial score (nSPS) is 28.8. The van der Waals surface area contributed by atoms with Crippen molar-refractivity contribution in [2.24, 2.45) is 11.7 Å². The first-order valence-electron chi connectivity index (χ1n) is 8.26. The first kappa shape index (κ1) is 19.3. The number of carboxylic acid groups (broad SMARTS) is 1. The van der Waals surface area contributed by atoms with Gasteiger partial charge in [0.2, 0.25) is 5.91 Å². The third-order valence-corrected chi connectivity index (χ3v) is 8.07. The van der Waals surface area contributed by atoms with Gasteiger partial charge in [-0.05, 0) is 19.4 Å². The number of rotatable bonds is 5. The molecule has 9 nitrogen and oxygen atoms in total. The number of carbonyl (C=O) groups excluding carboxylic acids is 2. The number of hydrogen-bond donors (Lipinski definition) is 2. The molecule has 1 aromatic rings. The quantitative estimate of drug-likeness (QED) is 0.501. The van der Waals surface area contributed by atoms with E-state index in [4.69, 9.17) is 10.5 Å². The van der Waals surface area contributed by atoms with Gasteiger partial charge in [0.1, 0.15) is 24.1 Å². The summed E-state index contributed by atoms with van der Waals surface area (Å²) in [6.07, 6.45) is 0. The van der Waals surface area contributed by atoms with Crippen LogP contribution in [0.1, 0.15) is 19.4 Å². The first-order valence-corrected chi connectivity index (χ1v) is 9.81. The molecule has 0 spiro atoms. The van der Waals surface area contributed by atoms with E-state index in [2.05, 4.69) is 0 Å². The Morgan fingerprint density at radius 3 is 2.44 bits per heavy atom. The lowest BCUT2D eigenvalue weighted by molar-refractivity contribution is -0.168. The summed E-state index contributed by atoms with van der Waals surface area (Å²) in [6.45, 7) is 2.44. The second-order valence-corrected chi connectivity index (χ2v) is 9.80. The molecule has 10 heteroatoms. The van der Waals surface area contributed by atoms with Crippen molar-refractivity contribution in [3.8, 4) is 0 Å². The van der Waals surface area contributed by atoms with Gasteiger partial charge < -0.3 is 20.5 Å². The number of hydrogen-bond acceptors (Lipinski definition) is 7. The molecular formula is C17H20N2O7S. The van der Waals surface area contributed by atoms with Crippen LogP contribution in [0.4, 0.5) is 0 Å². The van der Waals surface area contributed by atoms with Gasteiger partial charge in [0, 0.05) is 0 Å². The summed E-state index contributed by atoms with van der Waals surface area (Å²) in [5.74, 6) is -4.46. The van der Waals surface area contributed by atoms with Crippen LogP contribution in [0, 0.1) is 5.92 Å². The zero-order chi connectivity index (χ0) is 20.1. The van der Waals surface area contributed by atoms with Crippen molar-refractivity contribution in [1.82, 2.24) is 4.90 Å². The lowest BCUT2D eigenvalue weighted by Gasteiger charge is -2.44. The number of sulfone groups is 1. The smallest absolute Gasteiger partial charge is 0.328 e. The number of ether oxygens (including phenoxy) is 1. The average Bonchev–Trinajstić information content (AvgIpc) is 2.74. The molecule has 2 heterocycles. The number of nitrogens with two attached hydrogens (primary N) is 1. The number of carboxylic acids is 1. The molecule has 0 saturated carbocycles. The van der Waals surface area contributed by atoms with Crippen LogP contribution in [0.3, 0.4) is 0 Å². The fourth-order valence-corrected chi connectivity index (χ4v) is 5.99. The number of benzene rings is 1. The second-order valence-electron chi connectivity index (χ2n) is 7.17. The summed E-state index contributed by atoms with van der Waals surface area (Å²) >= 11 is 0. The van der Waals surface area contributed by atoms with Crippen LogP contribution in [-0.2, 0) is 35.6 Å². The van der Waals surface area contributed by atoms with E-state index in [-0.39, 0.29) is 6.61 Å². The molecule has 0 bridgehead atoms. The van der Waals surface area contributed by atoms with Crippen LogP contribution in [0.2, 0.25) is 0 Å². The highest BCUT2D eigenvalue weighted by molar-refractivity contribution is 7.93. The Bertz CT molecular complexity index is 897. The van der Waals surface area contributed by atoms with Crippen LogP contribution in [0.5, 0.6) is 0 Å². The highest BCUT2D eigenvalue weighted by atomic mass is 32.2. The number of esters is 1. The number of amides is 1. The minimum absolute atomic E-state index is 0.0708. The number of aliphatic carboxylic acids is 1. The Hall–Kier alpha value is -2.46. The standard InChI is InChI=1S/C17H20N2O7S/c1-17(2)12(15(21)22)19-13(20)10(14(19)27(17,24)25)11(18)16(23)26-8-9-6-4-3-5-7-9/h3-7,10-12,14H,8,18H2,1-2H3,(H,21,22)/t10-,11?,12-,14+/m0/s1. The van der Waals surface area contributed by atoms with E-state index in [0.29, 0.717) is 5.56 Å². The Morgan fingerprint density at radius 2 is 1.89 bits per heavy atom. The third-order valence-electron chi connectivity index (χ3n) is 5.23. The zero-order valence-electron chi connectivity index (χ0n) is 14.7.